The van der Waals surface area contributed by atoms with E-state index in [0.29, 0.717) is 44.7 Å². The molecule has 0 bridgehead atoms. The molecule has 28 heavy (non-hydrogen) atoms. The standard InChI is InChI=1S/C19H32N4O4S/c1-4-23(5-2)28(26,27)16-14-17(21(3)15-16)19(25)20-11-9-13-22-12-8-6-7-10-18(22)24/h14-15H,4-13H2,1-3H3,(H,20,25). The Kier molecular flexibility index (Phi) is 8.06. The zero-order valence-electron chi connectivity index (χ0n) is 17.1. The monoisotopic (exact) mass is 412 g/mol. The molecule has 0 atom stereocenters. The van der Waals surface area contributed by atoms with Crippen LogP contribution < -0.4 is 5.32 Å². The first kappa shape index (κ1) is 22.4. The molecule has 0 aliphatic carbocycles. The minimum absolute atomic E-state index is 0.124. The fraction of sp³-hybridized carbons (Fsp3) is 0.684. The summed E-state index contributed by atoms with van der Waals surface area (Å²) < 4.78 is 28.1. The molecule has 1 aliphatic heterocycles. The van der Waals surface area contributed by atoms with Crippen molar-refractivity contribution in [3.8, 4) is 0 Å². The van der Waals surface area contributed by atoms with Gasteiger partial charge < -0.3 is 14.8 Å². The highest BCUT2D eigenvalue weighted by Gasteiger charge is 2.25. The van der Waals surface area contributed by atoms with Gasteiger partial charge >= 0.3 is 0 Å². The van der Waals surface area contributed by atoms with Gasteiger partial charge in [-0.05, 0) is 25.3 Å². The third-order valence-electron chi connectivity index (χ3n) is 5.12. The average molecular weight is 413 g/mol. The molecule has 0 unspecified atom stereocenters. The van der Waals surface area contributed by atoms with Crippen molar-refractivity contribution in [1.82, 2.24) is 19.1 Å². The summed E-state index contributed by atoms with van der Waals surface area (Å²) in [6, 6.07) is 1.42. The first-order valence-electron chi connectivity index (χ1n) is 10.0. The van der Waals surface area contributed by atoms with Crippen molar-refractivity contribution in [2.75, 3.05) is 32.7 Å². The average Bonchev–Trinajstić information content (AvgIpc) is 2.94. The number of nitrogens with one attached hydrogen (secondary N) is 1. The molecular weight excluding hydrogens is 380 g/mol. The van der Waals surface area contributed by atoms with Crippen LogP contribution in [0.4, 0.5) is 0 Å². The zero-order valence-corrected chi connectivity index (χ0v) is 17.9. The Hall–Kier alpha value is -1.87. The lowest BCUT2D eigenvalue weighted by molar-refractivity contribution is -0.130. The fourth-order valence-corrected chi connectivity index (χ4v) is 4.98. The van der Waals surface area contributed by atoms with Crippen molar-refractivity contribution in [3.63, 3.8) is 0 Å². The van der Waals surface area contributed by atoms with Crippen LogP contribution in [0, 0.1) is 0 Å². The van der Waals surface area contributed by atoms with Gasteiger partial charge in [-0.25, -0.2) is 8.42 Å². The molecule has 8 nitrogen and oxygen atoms in total. The highest BCUT2D eigenvalue weighted by atomic mass is 32.2. The molecule has 0 spiro atoms. The number of amides is 2. The van der Waals surface area contributed by atoms with Crippen LogP contribution in [0.25, 0.3) is 0 Å². The van der Waals surface area contributed by atoms with E-state index in [1.54, 1.807) is 20.9 Å². The van der Waals surface area contributed by atoms with E-state index < -0.39 is 10.0 Å². The summed E-state index contributed by atoms with van der Waals surface area (Å²) >= 11 is 0. The molecule has 1 saturated heterocycles. The predicted molar refractivity (Wildman–Crippen MR) is 108 cm³/mol. The Morgan fingerprint density at radius 1 is 1.21 bits per heavy atom. The van der Waals surface area contributed by atoms with Crippen LogP contribution in [-0.2, 0) is 21.9 Å². The summed E-state index contributed by atoms with van der Waals surface area (Å²) in [4.78, 5) is 26.4. The maximum Gasteiger partial charge on any atom is 0.267 e. The van der Waals surface area contributed by atoms with Gasteiger partial charge in [-0.2, -0.15) is 4.31 Å². The molecule has 1 aromatic heterocycles. The maximum atomic E-state index is 12.6. The lowest BCUT2D eigenvalue weighted by Crippen LogP contribution is -2.34. The second-order valence-electron chi connectivity index (χ2n) is 7.06. The van der Waals surface area contributed by atoms with Crippen molar-refractivity contribution in [1.29, 1.82) is 0 Å². The first-order valence-corrected chi connectivity index (χ1v) is 11.5. The van der Waals surface area contributed by atoms with E-state index >= 15 is 0 Å². The minimum Gasteiger partial charge on any atom is -0.351 e. The third-order valence-corrected chi connectivity index (χ3v) is 7.13. The van der Waals surface area contributed by atoms with E-state index in [-0.39, 0.29) is 16.7 Å². The molecule has 2 heterocycles. The third kappa shape index (κ3) is 5.35. The van der Waals surface area contributed by atoms with Gasteiger partial charge in [0.05, 0.1) is 0 Å². The smallest absolute Gasteiger partial charge is 0.267 e. The molecule has 2 rings (SSSR count). The summed E-state index contributed by atoms with van der Waals surface area (Å²) in [5, 5.41) is 2.83. The second-order valence-corrected chi connectivity index (χ2v) is 9.00. The van der Waals surface area contributed by atoms with Crippen molar-refractivity contribution < 1.29 is 18.0 Å². The molecule has 1 aromatic rings. The van der Waals surface area contributed by atoms with E-state index in [1.165, 1.54) is 21.1 Å². The lowest BCUT2D eigenvalue weighted by Gasteiger charge is -2.20. The number of sulfonamides is 1. The Labute approximate surface area is 167 Å². The van der Waals surface area contributed by atoms with Crippen LogP contribution in [-0.4, -0.2) is 66.7 Å². The number of aryl methyl sites for hydroxylation is 1. The predicted octanol–water partition coefficient (Wildman–Crippen LogP) is 1.58. The van der Waals surface area contributed by atoms with Crippen molar-refractivity contribution >= 4 is 21.8 Å². The van der Waals surface area contributed by atoms with Crippen LogP contribution >= 0.6 is 0 Å². The number of carbonyl (C=O) groups is 2. The molecule has 1 N–H and O–H groups in total. The van der Waals surface area contributed by atoms with E-state index in [1.807, 2.05) is 4.90 Å². The Morgan fingerprint density at radius 2 is 1.93 bits per heavy atom. The Bertz CT molecular complexity index is 784. The molecule has 0 saturated carbocycles. The fourth-order valence-electron chi connectivity index (χ4n) is 3.45. The summed E-state index contributed by atoms with van der Waals surface area (Å²) in [6.45, 7) is 6.19. The van der Waals surface area contributed by atoms with Crippen molar-refractivity contribution in [2.45, 2.75) is 50.8 Å². The number of hydrogen-bond donors (Lipinski definition) is 1. The highest BCUT2D eigenvalue weighted by Crippen LogP contribution is 2.18. The van der Waals surface area contributed by atoms with E-state index in [9.17, 15) is 18.0 Å². The number of aromatic nitrogens is 1. The van der Waals surface area contributed by atoms with Crippen LogP contribution in [0.3, 0.4) is 0 Å². The summed E-state index contributed by atoms with van der Waals surface area (Å²) in [6.07, 6.45) is 5.83. The van der Waals surface area contributed by atoms with E-state index in [2.05, 4.69) is 5.32 Å². The first-order chi connectivity index (χ1) is 13.3. The van der Waals surface area contributed by atoms with Crippen LogP contribution in [0.2, 0.25) is 0 Å². The summed E-state index contributed by atoms with van der Waals surface area (Å²) in [5.41, 5.74) is 0.302. The molecule has 2 amide bonds. The quantitative estimate of drug-likeness (QED) is 0.624. The molecule has 1 aliphatic rings. The topological polar surface area (TPSA) is 91.7 Å². The van der Waals surface area contributed by atoms with Crippen LogP contribution in [0.5, 0.6) is 0 Å². The minimum atomic E-state index is -3.60. The zero-order chi connectivity index (χ0) is 20.7. The SMILES string of the molecule is CCN(CC)S(=O)(=O)c1cc(C(=O)NCCCN2CCCCCC2=O)n(C)c1. The highest BCUT2D eigenvalue weighted by molar-refractivity contribution is 7.89. The maximum absolute atomic E-state index is 12.6. The molecule has 158 valence electrons. The Balaban J connectivity index is 1.92. The van der Waals surface area contributed by atoms with Crippen LogP contribution in [0.1, 0.15) is 56.4 Å². The number of hydrogen-bond acceptors (Lipinski definition) is 4. The summed E-state index contributed by atoms with van der Waals surface area (Å²) in [5.74, 6) is -0.122. The molecule has 9 heteroatoms. The van der Waals surface area contributed by atoms with Gasteiger partial charge in [0.1, 0.15) is 10.6 Å². The van der Waals surface area contributed by atoms with Gasteiger partial charge in [-0.15, -0.1) is 0 Å². The summed E-state index contributed by atoms with van der Waals surface area (Å²) in [7, 11) is -1.94. The molecule has 1 fully saturated rings. The van der Waals surface area contributed by atoms with Crippen LogP contribution in [0.15, 0.2) is 17.2 Å². The number of likely N-dealkylation sites (tertiary alicyclic amines) is 1. The normalized spacial score (nSPS) is 15.7. The van der Waals surface area contributed by atoms with Gasteiger partial charge in [-0.3, -0.25) is 9.59 Å². The van der Waals surface area contributed by atoms with Gasteiger partial charge in [0.15, 0.2) is 0 Å². The second kappa shape index (κ2) is 10.1. The molecule has 0 aromatic carbocycles. The molecular formula is C19H32N4O4S. The van der Waals surface area contributed by atoms with Gasteiger partial charge in [0.2, 0.25) is 15.9 Å². The largest absolute Gasteiger partial charge is 0.351 e. The van der Waals surface area contributed by atoms with E-state index in [4.69, 9.17) is 0 Å². The van der Waals surface area contributed by atoms with Crippen molar-refractivity contribution in [3.05, 3.63) is 18.0 Å². The van der Waals surface area contributed by atoms with Gasteiger partial charge in [0, 0.05) is 52.4 Å². The number of rotatable bonds is 9. The number of nitrogens with zero attached hydrogens (tertiary/aromatic N) is 3. The van der Waals surface area contributed by atoms with E-state index in [0.717, 1.165) is 25.8 Å². The number of carbonyl (C=O) groups excluding carboxylic acids is 2. The van der Waals surface area contributed by atoms with Crippen molar-refractivity contribution in [2.24, 2.45) is 7.05 Å². The molecule has 0 radical (unpaired) electrons. The Morgan fingerprint density at radius 3 is 2.61 bits per heavy atom. The van der Waals surface area contributed by atoms with Gasteiger partial charge in [0.25, 0.3) is 5.91 Å². The van der Waals surface area contributed by atoms with Gasteiger partial charge in [-0.1, -0.05) is 20.3 Å². The lowest BCUT2D eigenvalue weighted by atomic mass is 10.2.